The standard InChI is InChI=1S/C29H27FN6O6S/c1-2-3-16-34-27-26(28(37)35(29(34)38)18-20-6-4-5-7-24(20)30)31-25(32-27)17-19-8-10-21(11-9-19)33-43(41,42)23-14-12-22(13-15-23)36(39)40/h4-15,33H,2-3,16-18H2,1H3,(H,31,32). The average Bonchev–Trinajstić information content (AvgIpc) is 3.41. The van der Waals surface area contributed by atoms with Crippen LogP contribution in [0.15, 0.2) is 87.3 Å². The third-order valence-electron chi connectivity index (χ3n) is 6.87. The minimum Gasteiger partial charge on any atom is -0.336 e. The highest BCUT2D eigenvalue weighted by Crippen LogP contribution is 2.21. The lowest BCUT2D eigenvalue weighted by atomic mass is 10.1. The predicted octanol–water partition coefficient (Wildman–Crippen LogP) is 4.17. The number of nitro groups is 1. The number of sulfonamides is 1. The van der Waals surface area contributed by atoms with Gasteiger partial charge in [0.05, 0.1) is 16.4 Å². The largest absolute Gasteiger partial charge is 0.336 e. The zero-order valence-electron chi connectivity index (χ0n) is 23.0. The van der Waals surface area contributed by atoms with Crippen LogP contribution < -0.4 is 16.0 Å². The Hall–Kier alpha value is -5.11. The highest BCUT2D eigenvalue weighted by Gasteiger charge is 2.19. The third kappa shape index (κ3) is 6.23. The molecule has 0 spiro atoms. The molecule has 0 saturated heterocycles. The topological polar surface area (TPSA) is 162 Å². The summed E-state index contributed by atoms with van der Waals surface area (Å²) in [5, 5.41) is 10.8. The van der Waals surface area contributed by atoms with Crippen molar-refractivity contribution in [1.82, 2.24) is 19.1 Å². The number of halogens is 1. The summed E-state index contributed by atoms with van der Waals surface area (Å²) in [6, 6.07) is 17.0. The molecule has 43 heavy (non-hydrogen) atoms. The van der Waals surface area contributed by atoms with E-state index in [9.17, 15) is 32.5 Å². The van der Waals surface area contributed by atoms with Crippen molar-refractivity contribution in [3.8, 4) is 0 Å². The number of fused-ring (bicyclic) bond motifs is 1. The molecule has 2 heterocycles. The highest BCUT2D eigenvalue weighted by atomic mass is 32.2. The summed E-state index contributed by atoms with van der Waals surface area (Å²) in [5.41, 5.74) is 0.183. The Morgan fingerprint density at radius 2 is 1.70 bits per heavy atom. The smallest absolute Gasteiger partial charge is 0.333 e. The second-order valence-corrected chi connectivity index (χ2v) is 11.6. The monoisotopic (exact) mass is 606 g/mol. The van der Waals surface area contributed by atoms with E-state index in [2.05, 4.69) is 14.7 Å². The third-order valence-corrected chi connectivity index (χ3v) is 8.26. The molecule has 14 heteroatoms. The molecule has 0 unspecified atom stereocenters. The maximum absolute atomic E-state index is 14.3. The van der Waals surface area contributed by atoms with Crippen molar-refractivity contribution >= 4 is 32.6 Å². The minimum atomic E-state index is -3.98. The zero-order valence-corrected chi connectivity index (χ0v) is 23.8. The van der Waals surface area contributed by atoms with Gasteiger partial charge in [-0.1, -0.05) is 43.7 Å². The van der Waals surface area contributed by atoms with Gasteiger partial charge >= 0.3 is 5.69 Å². The van der Waals surface area contributed by atoms with Crippen molar-refractivity contribution < 1.29 is 17.7 Å². The molecule has 2 aromatic heterocycles. The zero-order chi connectivity index (χ0) is 30.7. The Morgan fingerprint density at radius 1 is 1.00 bits per heavy atom. The second kappa shape index (κ2) is 12.0. The molecule has 0 fully saturated rings. The van der Waals surface area contributed by atoms with Gasteiger partial charge in [-0.05, 0) is 42.3 Å². The molecule has 0 amide bonds. The van der Waals surface area contributed by atoms with Gasteiger partial charge in [-0.15, -0.1) is 0 Å². The Morgan fingerprint density at radius 3 is 2.35 bits per heavy atom. The molecule has 3 aromatic carbocycles. The first-order chi connectivity index (χ1) is 20.6. The number of rotatable bonds is 11. The number of H-pyrrole nitrogens is 1. The van der Waals surface area contributed by atoms with Gasteiger partial charge in [-0.2, -0.15) is 0 Å². The number of nitrogens with one attached hydrogen (secondary N) is 2. The Bertz CT molecular complexity index is 2030. The van der Waals surface area contributed by atoms with Gasteiger partial charge in [-0.25, -0.2) is 22.6 Å². The second-order valence-electron chi connectivity index (χ2n) is 9.88. The normalized spacial score (nSPS) is 11.6. The van der Waals surface area contributed by atoms with Gasteiger partial charge in [0.25, 0.3) is 21.3 Å². The SMILES string of the molecule is CCCCn1c(=O)n(Cc2ccccc2F)c(=O)c2[nH]c(Cc3ccc(NS(=O)(=O)c4ccc([N+](=O)[O-])cc4)cc3)nc21. The van der Waals surface area contributed by atoms with E-state index in [1.807, 2.05) is 6.92 Å². The van der Waals surface area contributed by atoms with Gasteiger partial charge in [0.15, 0.2) is 5.65 Å². The quantitative estimate of drug-likeness (QED) is 0.168. The minimum absolute atomic E-state index is 0.126. The van der Waals surface area contributed by atoms with E-state index in [4.69, 9.17) is 0 Å². The van der Waals surface area contributed by atoms with Gasteiger partial charge in [0.1, 0.15) is 17.2 Å². The number of anilines is 1. The fourth-order valence-electron chi connectivity index (χ4n) is 4.60. The van der Waals surface area contributed by atoms with Crippen LogP contribution in [0.2, 0.25) is 0 Å². The summed E-state index contributed by atoms with van der Waals surface area (Å²) in [5.74, 6) is -0.0996. The summed E-state index contributed by atoms with van der Waals surface area (Å²) >= 11 is 0. The van der Waals surface area contributed by atoms with E-state index in [1.54, 1.807) is 30.3 Å². The maximum atomic E-state index is 14.3. The number of non-ortho nitro benzene ring substituents is 1. The van der Waals surface area contributed by atoms with E-state index < -0.39 is 32.0 Å². The van der Waals surface area contributed by atoms with Gasteiger partial charge in [0, 0.05) is 36.3 Å². The fraction of sp³-hybridized carbons (Fsp3) is 0.207. The number of nitrogens with zero attached hydrogens (tertiary/aromatic N) is 4. The molecular weight excluding hydrogens is 579 g/mol. The van der Waals surface area contributed by atoms with Crippen molar-refractivity contribution in [3.05, 3.63) is 127 Å². The van der Waals surface area contributed by atoms with Crippen LogP contribution in [0, 0.1) is 15.9 Å². The Kier molecular flexibility index (Phi) is 8.21. The van der Waals surface area contributed by atoms with Crippen molar-refractivity contribution in [2.75, 3.05) is 4.72 Å². The average molecular weight is 607 g/mol. The molecule has 0 aliphatic heterocycles. The van der Waals surface area contributed by atoms with Crippen LogP contribution >= 0.6 is 0 Å². The molecule has 12 nitrogen and oxygen atoms in total. The van der Waals surface area contributed by atoms with Gasteiger partial charge in [-0.3, -0.25) is 28.8 Å². The van der Waals surface area contributed by atoms with Crippen molar-refractivity contribution in [3.63, 3.8) is 0 Å². The number of hydrogen-bond acceptors (Lipinski definition) is 7. The fourth-order valence-corrected chi connectivity index (χ4v) is 5.66. The molecule has 222 valence electrons. The van der Waals surface area contributed by atoms with Crippen LogP contribution in [0.5, 0.6) is 0 Å². The lowest BCUT2D eigenvalue weighted by Crippen LogP contribution is -2.40. The van der Waals surface area contributed by atoms with Crippen LogP contribution in [0.3, 0.4) is 0 Å². The van der Waals surface area contributed by atoms with E-state index in [0.29, 0.717) is 18.8 Å². The van der Waals surface area contributed by atoms with E-state index in [0.717, 1.165) is 40.8 Å². The van der Waals surface area contributed by atoms with E-state index in [-0.39, 0.29) is 46.0 Å². The van der Waals surface area contributed by atoms with Crippen molar-refractivity contribution in [1.29, 1.82) is 0 Å². The Labute approximate surface area is 244 Å². The summed E-state index contributed by atoms with van der Waals surface area (Å²) in [7, 11) is -3.98. The molecule has 5 rings (SSSR count). The summed E-state index contributed by atoms with van der Waals surface area (Å²) in [6.07, 6.45) is 1.73. The molecular formula is C29H27FN6O6S. The number of imidazole rings is 1. The summed E-state index contributed by atoms with van der Waals surface area (Å²) in [4.78, 5) is 44.4. The number of hydrogen-bond donors (Lipinski definition) is 2. The first-order valence-electron chi connectivity index (χ1n) is 13.4. The van der Waals surface area contributed by atoms with E-state index >= 15 is 0 Å². The van der Waals surface area contributed by atoms with Crippen LogP contribution in [-0.4, -0.2) is 32.4 Å². The molecule has 2 N–H and O–H groups in total. The summed E-state index contributed by atoms with van der Waals surface area (Å²) in [6.45, 7) is 2.08. The van der Waals surface area contributed by atoms with Crippen LogP contribution in [0.25, 0.3) is 11.2 Å². The number of aromatic amines is 1. The summed E-state index contributed by atoms with van der Waals surface area (Å²) < 4.78 is 44.6. The molecule has 0 aliphatic rings. The lowest BCUT2D eigenvalue weighted by Gasteiger charge is -2.11. The maximum Gasteiger partial charge on any atom is 0.333 e. The number of nitro benzene ring substituents is 1. The molecule has 5 aromatic rings. The van der Waals surface area contributed by atoms with Crippen LogP contribution in [-0.2, 0) is 29.5 Å². The first-order valence-corrected chi connectivity index (χ1v) is 14.9. The highest BCUT2D eigenvalue weighted by molar-refractivity contribution is 7.92. The number of aromatic nitrogens is 4. The molecule has 0 aliphatic carbocycles. The lowest BCUT2D eigenvalue weighted by molar-refractivity contribution is -0.384. The number of unbranched alkanes of at least 4 members (excludes halogenated alkanes) is 1. The number of aryl methyl sites for hydroxylation is 1. The Balaban J connectivity index is 1.41. The van der Waals surface area contributed by atoms with Crippen molar-refractivity contribution in [2.45, 2.75) is 44.2 Å². The van der Waals surface area contributed by atoms with E-state index in [1.165, 1.54) is 22.8 Å². The van der Waals surface area contributed by atoms with Gasteiger partial charge < -0.3 is 4.98 Å². The molecule has 0 saturated carbocycles. The first kappa shape index (κ1) is 29.4. The predicted molar refractivity (Wildman–Crippen MR) is 158 cm³/mol. The molecule has 0 atom stereocenters. The van der Waals surface area contributed by atoms with Crippen molar-refractivity contribution in [2.24, 2.45) is 0 Å². The van der Waals surface area contributed by atoms with Gasteiger partial charge in [0.2, 0.25) is 0 Å². The molecule has 0 bridgehead atoms. The number of benzene rings is 3. The molecule has 0 radical (unpaired) electrons. The van der Waals surface area contributed by atoms with Crippen LogP contribution in [0.4, 0.5) is 15.8 Å². The van der Waals surface area contributed by atoms with Crippen LogP contribution in [0.1, 0.15) is 36.7 Å².